The van der Waals surface area contributed by atoms with Crippen LogP contribution >= 0.6 is 0 Å². The summed E-state index contributed by atoms with van der Waals surface area (Å²) in [6, 6.07) is 7.90. The van der Waals surface area contributed by atoms with Gasteiger partial charge in [0.05, 0.1) is 17.3 Å². The summed E-state index contributed by atoms with van der Waals surface area (Å²) in [6.07, 6.45) is 4.82. The summed E-state index contributed by atoms with van der Waals surface area (Å²) in [7, 11) is -2.24. The molecule has 0 fully saturated rings. The number of rotatable bonds is 9. The first kappa shape index (κ1) is 25.7. The summed E-state index contributed by atoms with van der Waals surface area (Å²) in [4.78, 5) is 6.65. The van der Waals surface area contributed by atoms with Gasteiger partial charge >= 0.3 is 0 Å². The fourth-order valence-electron chi connectivity index (χ4n) is 4.50. The van der Waals surface area contributed by atoms with Crippen molar-refractivity contribution in [3.63, 3.8) is 0 Å². The van der Waals surface area contributed by atoms with Crippen molar-refractivity contribution < 1.29 is 23.0 Å². The molecule has 0 aliphatic rings. The van der Waals surface area contributed by atoms with Gasteiger partial charge in [0, 0.05) is 43.3 Å². The van der Waals surface area contributed by atoms with Gasteiger partial charge in [0.1, 0.15) is 11.3 Å². The Balaban J connectivity index is 1.93. The number of aromatic nitrogens is 2. The zero-order valence-corrected chi connectivity index (χ0v) is 21.7. The predicted octanol–water partition coefficient (Wildman–Crippen LogP) is 4.07. The third-order valence-electron chi connectivity index (χ3n) is 6.65. The third-order valence-corrected chi connectivity index (χ3v) is 7.83. The van der Waals surface area contributed by atoms with Crippen molar-refractivity contribution in [2.24, 2.45) is 0 Å². The van der Waals surface area contributed by atoms with Crippen LogP contribution in [-0.2, 0) is 23.0 Å². The van der Waals surface area contributed by atoms with Gasteiger partial charge in [-0.3, -0.25) is 9.29 Å². The topological polar surface area (TPSA) is 98.9 Å². The molecule has 0 atom stereocenters. The molecular formula is C26H31FN4O4S. The third kappa shape index (κ3) is 4.83. The molecule has 2 aromatic carbocycles. The molecule has 0 aliphatic heterocycles. The van der Waals surface area contributed by atoms with Gasteiger partial charge in [-0.1, -0.05) is 26.0 Å². The largest absolute Gasteiger partial charge is 0.505 e. The van der Waals surface area contributed by atoms with Crippen molar-refractivity contribution in [3.8, 4) is 11.6 Å². The zero-order chi connectivity index (χ0) is 26.2. The maximum absolute atomic E-state index is 13.3. The SMILES string of the molecule is CCN(CC)CCn1cc2c(N(C)S(C)(=O)=O)c3cc(Cc4ccc(F)cc4)cnc3c(O)c2c1O. The number of fused-ring (bicyclic) bond motifs is 2. The van der Waals surface area contributed by atoms with Crippen molar-refractivity contribution in [1.82, 2.24) is 14.5 Å². The highest BCUT2D eigenvalue weighted by molar-refractivity contribution is 7.92. The van der Waals surface area contributed by atoms with Crippen molar-refractivity contribution in [1.29, 1.82) is 0 Å². The zero-order valence-electron chi connectivity index (χ0n) is 20.9. The van der Waals surface area contributed by atoms with Crippen LogP contribution in [0.4, 0.5) is 10.1 Å². The fraction of sp³-hybridized carbons (Fsp3) is 0.346. The van der Waals surface area contributed by atoms with Crippen LogP contribution in [0.1, 0.15) is 25.0 Å². The number of halogens is 1. The molecule has 0 spiro atoms. The molecular weight excluding hydrogens is 483 g/mol. The number of hydrogen-bond donors (Lipinski definition) is 2. The molecule has 2 aromatic heterocycles. The highest BCUT2D eigenvalue weighted by Crippen LogP contribution is 2.46. The lowest BCUT2D eigenvalue weighted by Crippen LogP contribution is -2.26. The van der Waals surface area contributed by atoms with Gasteiger partial charge in [-0.05, 0) is 48.8 Å². The molecule has 8 nitrogen and oxygen atoms in total. The maximum Gasteiger partial charge on any atom is 0.232 e. The Hall–Kier alpha value is -3.37. The van der Waals surface area contributed by atoms with Gasteiger partial charge < -0.3 is 19.7 Å². The lowest BCUT2D eigenvalue weighted by molar-refractivity contribution is 0.283. The Labute approximate surface area is 210 Å². The van der Waals surface area contributed by atoms with E-state index in [1.54, 1.807) is 35.2 Å². The van der Waals surface area contributed by atoms with Gasteiger partial charge in [0.15, 0.2) is 5.75 Å². The molecule has 10 heteroatoms. The smallest absolute Gasteiger partial charge is 0.232 e. The van der Waals surface area contributed by atoms with Crippen molar-refractivity contribution in [2.75, 3.05) is 37.2 Å². The standard InChI is InChI=1S/C26H31FN4O4S/c1-5-30(6-2)11-12-31-16-21-22(26(31)33)25(32)23-20(24(21)29(3)36(4,34)35)14-18(15-28-23)13-17-7-9-19(27)10-8-17/h7-10,14-16,32-33H,5-6,11-13H2,1-4H3. The van der Waals surface area contributed by atoms with E-state index in [1.807, 2.05) is 0 Å². The van der Waals surface area contributed by atoms with Crippen molar-refractivity contribution in [3.05, 3.63) is 59.7 Å². The number of hydrogen-bond acceptors (Lipinski definition) is 6. The summed E-state index contributed by atoms with van der Waals surface area (Å²) in [5, 5.41) is 23.2. The molecule has 4 rings (SSSR count). The summed E-state index contributed by atoms with van der Waals surface area (Å²) in [5.74, 6) is -0.681. The van der Waals surface area contributed by atoms with Gasteiger partial charge in [0.25, 0.3) is 0 Å². The molecule has 4 aromatic rings. The number of phenolic OH excluding ortho intramolecular Hbond substituents is 1. The summed E-state index contributed by atoms with van der Waals surface area (Å²) in [5.41, 5.74) is 2.14. The Morgan fingerprint density at radius 1 is 1.06 bits per heavy atom. The molecule has 0 unspecified atom stereocenters. The minimum Gasteiger partial charge on any atom is -0.505 e. The first-order chi connectivity index (χ1) is 17.0. The summed E-state index contributed by atoms with van der Waals surface area (Å²) < 4.78 is 41.4. The first-order valence-corrected chi connectivity index (χ1v) is 13.7. The predicted molar refractivity (Wildman–Crippen MR) is 141 cm³/mol. The summed E-state index contributed by atoms with van der Waals surface area (Å²) in [6.45, 7) is 6.97. The van der Waals surface area contributed by atoms with Crippen LogP contribution in [0.15, 0.2) is 42.7 Å². The number of likely N-dealkylation sites (N-methyl/N-ethyl adjacent to an activating group) is 1. The van der Waals surface area contributed by atoms with E-state index >= 15 is 0 Å². The Bertz CT molecular complexity index is 1510. The second kappa shape index (κ2) is 9.94. The number of phenols is 1. The number of pyridine rings is 1. The quantitative estimate of drug-likeness (QED) is 0.349. The Kier molecular flexibility index (Phi) is 7.10. The second-order valence-electron chi connectivity index (χ2n) is 8.93. The van der Waals surface area contributed by atoms with Gasteiger partial charge in [-0.25, -0.2) is 12.8 Å². The number of benzene rings is 2. The van der Waals surface area contributed by atoms with E-state index < -0.39 is 10.0 Å². The molecule has 0 radical (unpaired) electrons. The molecule has 2 heterocycles. The monoisotopic (exact) mass is 514 g/mol. The molecule has 2 N–H and O–H groups in total. The molecule has 0 amide bonds. The van der Waals surface area contributed by atoms with Gasteiger partial charge in [0.2, 0.25) is 15.9 Å². The minimum atomic E-state index is -3.68. The second-order valence-corrected chi connectivity index (χ2v) is 10.9. The number of aromatic hydroxyl groups is 2. The first-order valence-electron chi connectivity index (χ1n) is 11.8. The van der Waals surface area contributed by atoms with Crippen LogP contribution in [0.25, 0.3) is 21.7 Å². The van der Waals surface area contributed by atoms with E-state index in [2.05, 4.69) is 23.7 Å². The van der Waals surface area contributed by atoms with Crippen LogP contribution in [0, 0.1) is 5.82 Å². The molecule has 0 aliphatic carbocycles. The molecule has 36 heavy (non-hydrogen) atoms. The Morgan fingerprint density at radius 2 is 1.72 bits per heavy atom. The van der Waals surface area contributed by atoms with Crippen LogP contribution < -0.4 is 4.31 Å². The van der Waals surface area contributed by atoms with E-state index in [-0.39, 0.29) is 28.3 Å². The van der Waals surface area contributed by atoms with Crippen LogP contribution in [0.5, 0.6) is 11.6 Å². The van der Waals surface area contributed by atoms with Crippen molar-refractivity contribution >= 4 is 37.4 Å². The number of sulfonamides is 1. The highest BCUT2D eigenvalue weighted by atomic mass is 32.2. The average molecular weight is 515 g/mol. The average Bonchev–Trinajstić information content (AvgIpc) is 3.16. The van der Waals surface area contributed by atoms with Crippen LogP contribution in [-0.4, -0.2) is 66.0 Å². The lowest BCUT2D eigenvalue weighted by Gasteiger charge is -2.21. The van der Waals surface area contributed by atoms with E-state index in [1.165, 1.54) is 19.2 Å². The molecule has 0 bridgehead atoms. The van der Waals surface area contributed by atoms with E-state index in [0.29, 0.717) is 36.0 Å². The lowest BCUT2D eigenvalue weighted by atomic mass is 10.0. The molecule has 0 saturated heterocycles. The van der Waals surface area contributed by atoms with Gasteiger partial charge in [-0.2, -0.15) is 0 Å². The molecule has 0 saturated carbocycles. The van der Waals surface area contributed by atoms with Gasteiger partial charge in [-0.15, -0.1) is 0 Å². The van der Waals surface area contributed by atoms with Crippen LogP contribution in [0.3, 0.4) is 0 Å². The van der Waals surface area contributed by atoms with E-state index in [0.717, 1.165) is 34.8 Å². The summed E-state index contributed by atoms with van der Waals surface area (Å²) >= 11 is 0. The van der Waals surface area contributed by atoms with Crippen LogP contribution in [0.2, 0.25) is 0 Å². The fourth-order valence-corrected chi connectivity index (χ4v) is 5.03. The van der Waals surface area contributed by atoms with E-state index in [9.17, 15) is 23.0 Å². The number of nitrogens with zero attached hydrogens (tertiary/aromatic N) is 4. The highest BCUT2D eigenvalue weighted by Gasteiger charge is 2.26. The number of anilines is 1. The van der Waals surface area contributed by atoms with E-state index in [4.69, 9.17) is 0 Å². The normalized spacial score (nSPS) is 12.2. The molecule has 192 valence electrons. The minimum absolute atomic E-state index is 0.142. The van der Waals surface area contributed by atoms with Crippen molar-refractivity contribution in [2.45, 2.75) is 26.8 Å². The Morgan fingerprint density at radius 3 is 2.33 bits per heavy atom. The maximum atomic E-state index is 13.3.